The number of nitrogens with two attached hydrogens (primary N) is 1. The predicted molar refractivity (Wildman–Crippen MR) is 55.4 cm³/mol. The first-order valence-corrected chi connectivity index (χ1v) is 4.29. The molecule has 0 bridgehead atoms. The minimum atomic E-state index is -0.594. The number of carbonyl (C=O) groups excluding carboxylic acids is 1. The van der Waals surface area contributed by atoms with Crippen molar-refractivity contribution in [3.63, 3.8) is 0 Å². The highest BCUT2D eigenvalue weighted by Crippen LogP contribution is 2.18. The van der Waals surface area contributed by atoms with Gasteiger partial charge >= 0.3 is 5.97 Å². The highest BCUT2D eigenvalue weighted by Gasteiger charge is 2.11. The van der Waals surface area contributed by atoms with E-state index >= 15 is 0 Å². The molecule has 0 radical (unpaired) electrons. The number of methoxy groups -OCH3 is 1. The largest absolute Gasteiger partial charge is 0.507 e. The summed E-state index contributed by atoms with van der Waals surface area (Å²) in [5.41, 5.74) is 5.92. The van der Waals surface area contributed by atoms with Crippen LogP contribution in [-0.2, 0) is 4.74 Å². The van der Waals surface area contributed by atoms with E-state index in [2.05, 4.69) is 16.6 Å². The van der Waals surface area contributed by atoms with Gasteiger partial charge in [-0.2, -0.15) is 0 Å². The molecule has 0 aliphatic carbocycles. The Labute approximate surface area is 87.7 Å². The van der Waals surface area contributed by atoms with Crippen molar-refractivity contribution in [3.05, 3.63) is 29.3 Å². The molecule has 1 aromatic carbocycles. The minimum absolute atomic E-state index is 0.0984. The van der Waals surface area contributed by atoms with Crippen LogP contribution in [0.15, 0.2) is 18.2 Å². The van der Waals surface area contributed by atoms with Crippen molar-refractivity contribution in [1.29, 1.82) is 0 Å². The quantitative estimate of drug-likeness (QED) is 0.517. The average molecular weight is 205 g/mol. The Bertz CT molecular complexity index is 429. The highest BCUT2D eigenvalue weighted by atomic mass is 16.5. The molecule has 0 saturated carbocycles. The van der Waals surface area contributed by atoms with Crippen LogP contribution in [0.25, 0.3) is 0 Å². The molecule has 0 heterocycles. The van der Waals surface area contributed by atoms with Gasteiger partial charge in [-0.3, -0.25) is 0 Å². The summed E-state index contributed by atoms with van der Waals surface area (Å²) < 4.78 is 4.50. The SMILES string of the molecule is COC(=O)c1cc(C#CCN)ccc1O. The van der Waals surface area contributed by atoms with Gasteiger partial charge in [-0.05, 0) is 18.2 Å². The number of benzene rings is 1. The summed E-state index contributed by atoms with van der Waals surface area (Å²) in [7, 11) is 1.25. The molecule has 0 aromatic heterocycles. The molecule has 0 spiro atoms. The Kier molecular flexibility index (Phi) is 3.72. The minimum Gasteiger partial charge on any atom is -0.507 e. The molecule has 15 heavy (non-hydrogen) atoms. The molecule has 3 N–H and O–H groups in total. The lowest BCUT2D eigenvalue weighted by molar-refractivity contribution is 0.0597. The van der Waals surface area contributed by atoms with Gasteiger partial charge in [0.2, 0.25) is 0 Å². The number of rotatable bonds is 1. The van der Waals surface area contributed by atoms with Gasteiger partial charge in [0.25, 0.3) is 0 Å². The molecule has 4 nitrogen and oxygen atoms in total. The van der Waals surface area contributed by atoms with E-state index in [9.17, 15) is 9.90 Å². The molecular formula is C11H11NO3. The first-order chi connectivity index (χ1) is 7.19. The molecule has 0 atom stereocenters. The van der Waals surface area contributed by atoms with Crippen LogP contribution in [0, 0.1) is 11.8 Å². The maximum absolute atomic E-state index is 11.2. The zero-order chi connectivity index (χ0) is 11.3. The third-order valence-electron chi connectivity index (χ3n) is 1.74. The first-order valence-electron chi connectivity index (χ1n) is 4.29. The fraction of sp³-hybridized carbons (Fsp3) is 0.182. The van der Waals surface area contributed by atoms with Gasteiger partial charge in [0.1, 0.15) is 11.3 Å². The van der Waals surface area contributed by atoms with Crippen LogP contribution in [0.2, 0.25) is 0 Å². The Morgan fingerprint density at radius 2 is 2.33 bits per heavy atom. The number of phenolic OH excluding ortho intramolecular Hbond substituents is 1. The highest BCUT2D eigenvalue weighted by molar-refractivity contribution is 5.92. The number of aromatic hydroxyl groups is 1. The second kappa shape index (κ2) is 5.03. The fourth-order valence-electron chi connectivity index (χ4n) is 1.04. The number of carbonyl (C=O) groups is 1. The molecule has 0 amide bonds. The summed E-state index contributed by atoms with van der Waals surface area (Å²) in [4.78, 5) is 11.2. The van der Waals surface area contributed by atoms with Crippen LogP contribution in [0.1, 0.15) is 15.9 Å². The van der Waals surface area contributed by atoms with Crippen LogP contribution in [-0.4, -0.2) is 24.7 Å². The van der Waals surface area contributed by atoms with Crippen LogP contribution in [0.5, 0.6) is 5.75 Å². The second-order valence-corrected chi connectivity index (χ2v) is 2.73. The van der Waals surface area contributed by atoms with Crippen molar-refractivity contribution < 1.29 is 14.6 Å². The van der Waals surface area contributed by atoms with Gasteiger partial charge in [0.05, 0.1) is 13.7 Å². The molecule has 0 aliphatic heterocycles. The Morgan fingerprint density at radius 3 is 2.93 bits per heavy atom. The number of esters is 1. The van der Waals surface area contributed by atoms with Gasteiger partial charge in [0.15, 0.2) is 0 Å². The summed E-state index contributed by atoms with van der Waals surface area (Å²) in [5, 5.41) is 9.39. The van der Waals surface area contributed by atoms with Crippen LogP contribution in [0.4, 0.5) is 0 Å². The molecule has 78 valence electrons. The molecule has 0 fully saturated rings. The van der Waals surface area contributed by atoms with Crippen molar-refractivity contribution in [2.24, 2.45) is 5.73 Å². The van der Waals surface area contributed by atoms with Crippen molar-refractivity contribution in [2.75, 3.05) is 13.7 Å². The lowest BCUT2D eigenvalue weighted by atomic mass is 10.1. The second-order valence-electron chi connectivity index (χ2n) is 2.73. The Balaban J connectivity index is 3.10. The van der Waals surface area contributed by atoms with E-state index in [0.717, 1.165) is 0 Å². The van der Waals surface area contributed by atoms with Crippen LogP contribution >= 0.6 is 0 Å². The number of ether oxygens (including phenoxy) is 1. The van der Waals surface area contributed by atoms with Crippen molar-refractivity contribution in [3.8, 4) is 17.6 Å². The molecule has 1 aromatic rings. The van der Waals surface area contributed by atoms with E-state index in [1.807, 2.05) is 0 Å². The molecule has 4 heteroatoms. The lowest BCUT2D eigenvalue weighted by Crippen LogP contribution is -2.02. The zero-order valence-corrected chi connectivity index (χ0v) is 8.28. The normalized spacial score (nSPS) is 8.93. The third-order valence-corrected chi connectivity index (χ3v) is 1.74. The standard InChI is InChI=1S/C11H11NO3/c1-15-11(14)9-7-8(3-2-6-12)4-5-10(9)13/h4-5,7,13H,6,12H2,1H3. The number of phenols is 1. The zero-order valence-electron chi connectivity index (χ0n) is 8.28. The summed E-state index contributed by atoms with van der Waals surface area (Å²) in [6.07, 6.45) is 0. The lowest BCUT2D eigenvalue weighted by Gasteiger charge is -2.02. The van der Waals surface area contributed by atoms with Gasteiger partial charge < -0.3 is 15.6 Å². The maximum atomic E-state index is 11.2. The maximum Gasteiger partial charge on any atom is 0.341 e. The predicted octanol–water partition coefficient (Wildman–Crippen LogP) is 0.489. The van der Waals surface area contributed by atoms with Crippen molar-refractivity contribution in [2.45, 2.75) is 0 Å². The summed E-state index contributed by atoms with van der Waals surface area (Å²) in [5.74, 6) is 4.69. The molecule has 0 aliphatic rings. The van der Waals surface area contributed by atoms with Crippen LogP contribution in [0.3, 0.4) is 0 Å². The first kappa shape index (κ1) is 11.1. The van der Waals surface area contributed by atoms with E-state index in [1.54, 1.807) is 6.07 Å². The Morgan fingerprint density at radius 1 is 1.60 bits per heavy atom. The van der Waals surface area contributed by atoms with Crippen molar-refractivity contribution >= 4 is 5.97 Å². The Hall–Kier alpha value is -1.99. The van der Waals surface area contributed by atoms with Crippen LogP contribution < -0.4 is 5.73 Å². The average Bonchev–Trinajstić information content (AvgIpc) is 2.27. The van der Waals surface area contributed by atoms with Gasteiger partial charge in [-0.25, -0.2) is 4.79 Å². The molecule has 0 unspecified atom stereocenters. The van der Waals surface area contributed by atoms with E-state index in [1.165, 1.54) is 19.2 Å². The van der Waals surface area contributed by atoms with Gasteiger partial charge in [0, 0.05) is 5.56 Å². The van der Waals surface area contributed by atoms with E-state index in [-0.39, 0.29) is 17.9 Å². The summed E-state index contributed by atoms with van der Waals surface area (Å²) in [6.45, 7) is 0.244. The molecule has 0 saturated heterocycles. The third kappa shape index (κ3) is 2.73. The van der Waals surface area contributed by atoms with Gasteiger partial charge in [-0.15, -0.1) is 0 Å². The van der Waals surface area contributed by atoms with Crippen molar-refractivity contribution in [1.82, 2.24) is 0 Å². The molecular weight excluding hydrogens is 194 g/mol. The summed E-state index contributed by atoms with van der Waals surface area (Å²) in [6, 6.07) is 4.46. The molecule has 1 rings (SSSR count). The van der Waals surface area contributed by atoms with E-state index in [4.69, 9.17) is 5.73 Å². The van der Waals surface area contributed by atoms with E-state index < -0.39 is 5.97 Å². The van der Waals surface area contributed by atoms with E-state index in [0.29, 0.717) is 5.56 Å². The topological polar surface area (TPSA) is 72.5 Å². The number of hydrogen-bond donors (Lipinski definition) is 2. The number of hydrogen-bond acceptors (Lipinski definition) is 4. The van der Waals surface area contributed by atoms with Gasteiger partial charge in [-0.1, -0.05) is 11.8 Å². The fourth-order valence-corrected chi connectivity index (χ4v) is 1.04. The monoisotopic (exact) mass is 205 g/mol. The summed E-state index contributed by atoms with van der Waals surface area (Å²) >= 11 is 0. The smallest absolute Gasteiger partial charge is 0.341 e.